The number of piperidine rings is 1. The third-order valence-corrected chi connectivity index (χ3v) is 7.56. The molecule has 1 aromatic carbocycles. The van der Waals surface area contributed by atoms with Crippen LogP contribution in [0.25, 0.3) is 0 Å². The van der Waals surface area contributed by atoms with E-state index in [0.29, 0.717) is 30.6 Å². The van der Waals surface area contributed by atoms with Crippen LogP contribution in [0.1, 0.15) is 44.6 Å². The Kier molecular flexibility index (Phi) is 5.06. The monoisotopic (exact) mass is 369 g/mol. The van der Waals surface area contributed by atoms with Gasteiger partial charge in [-0.3, -0.25) is 9.69 Å². The number of hydrogen-bond acceptors (Lipinski definition) is 3. The van der Waals surface area contributed by atoms with Crippen LogP contribution < -0.4 is 0 Å². The first kappa shape index (κ1) is 18.9. The van der Waals surface area contributed by atoms with E-state index >= 15 is 0 Å². The topological polar surface area (TPSA) is 26.8 Å². The zero-order chi connectivity index (χ0) is 19.2. The Morgan fingerprint density at radius 1 is 1.15 bits per heavy atom. The van der Waals surface area contributed by atoms with Gasteiger partial charge in [0.25, 0.3) is 0 Å². The standard InChI is InChI=1S/C23H35N3O/c1-23-15-19-18(14-17-10-6-5-7-11-17)26(22(27)16-24(2)3)21(23)13-9-8-12-20(23)25(19)4/h5-7,10-11,18-21H,8-9,12-16H2,1-4H3/t18-,19-,20-,21+,23-/m0/s1. The molecule has 2 saturated heterocycles. The van der Waals surface area contributed by atoms with Crippen molar-refractivity contribution in [2.45, 2.75) is 69.6 Å². The fraction of sp³-hybridized carbons (Fsp3) is 0.696. The molecule has 0 N–H and O–H groups in total. The first-order valence-corrected chi connectivity index (χ1v) is 10.6. The summed E-state index contributed by atoms with van der Waals surface area (Å²) in [4.78, 5) is 20.5. The molecule has 5 atom stereocenters. The second-order valence-electron chi connectivity index (χ2n) is 9.55. The summed E-state index contributed by atoms with van der Waals surface area (Å²) in [5.74, 6) is 0.317. The van der Waals surface area contributed by atoms with Crippen LogP contribution in [0.3, 0.4) is 0 Å². The molecule has 1 aromatic rings. The molecule has 1 amide bonds. The van der Waals surface area contributed by atoms with Gasteiger partial charge in [-0.15, -0.1) is 0 Å². The molecule has 0 spiro atoms. The molecule has 2 aliphatic heterocycles. The largest absolute Gasteiger partial charge is 0.333 e. The fourth-order valence-corrected chi connectivity index (χ4v) is 6.41. The van der Waals surface area contributed by atoms with Gasteiger partial charge in [0.2, 0.25) is 5.91 Å². The fourth-order valence-electron chi connectivity index (χ4n) is 6.41. The highest BCUT2D eigenvalue weighted by atomic mass is 16.2. The summed E-state index contributed by atoms with van der Waals surface area (Å²) >= 11 is 0. The van der Waals surface area contributed by atoms with E-state index in [1.165, 1.54) is 31.2 Å². The first-order valence-electron chi connectivity index (χ1n) is 10.6. The molecule has 4 rings (SSSR count). The number of nitrogens with zero attached hydrogens (tertiary/aromatic N) is 3. The summed E-state index contributed by atoms with van der Waals surface area (Å²) in [6.45, 7) is 2.98. The lowest BCUT2D eigenvalue weighted by Gasteiger charge is -2.51. The Labute approximate surface area is 164 Å². The van der Waals surface area contributed by atoms with Gasteiger partial charge >= 0.3 is 0 Å². The van der Waals surface area contributed by atoms with E-state index in [4.69, 9.17) is 0 Å². The molecule has 0 radical (unpaired) electrons. The highest BCUT2D eigenvalue weighted by molar-refractivity contribution is 5.79. The average molecular weight is 370 g/mol. The van der Waals surface area contributed by atoms with E-state index in [9.17, 15) is 4.79 Å². The molecule has 4 nitrogen and oxygen atoms in total. The van der Waals surface area contributed by atoms with Crippen LogP contribution in [0.15, 0.2) is 30.3 Å². The molecule has 27 heavy (non-hydrogen) atoms. The zero-order valence-electron chi connectivity index (χ0n) is 17.4. The maximum absolute atomic E-state index is 13.5. The van der Waals surface area contributed by atoms with E-state index in [-0.39, 0.29) is 11.5 Å². The SMILES string of the molecule is CN(C)CC(=O)N1[C@@H](Cc2ccccc2)[C@@H]2C[C@@]3(C)[C@H](CCCC[C@@H]13)N2C. The maximum Gasteiger partial charge on any atom is 0.237 e. The lowest BCUT2D eigenvalue weighted by Crippen LogP contribution is -2.62. The number of hydrogen-bond donors (Lipinski definition) is 0. The van der Waals surface area contributed by atoms with Crippen LogP contribution in [0.5, 0.6) is 0 Å². The van der Waals surface area contributed by atoms with Gasteiger partial charge in [-0.1, -0.05) is 50.1 Å². The number of likely N-dealkylation sites (N-methyl/N-ethyl adjacent to an activating group) is 2. The van der Waals surface area contributed by atoms with Gasteiger partial charge in [-0.25, -0.2) is 0 Å². The predicted octanol–water partition coefficient (Wildman–Crippen LogP) is 3.02. The number of benzene rings is 1. The summed E-state index contributed by atoms with van der Waals surface area (Å²) in [7, 11) is 6.33. The van der Waals surface area contributed by atoms with Crippen molar-refractivity contribution in [1.29, 1.82) is 0 Å². The second-order valence-corrected chi connectivity index (χ2v) is 9.55. The van der Waals surface area contributed by atoms with Crippen molar-refractivity contribution in [2.75, 3.05) is 27.7 Å². The summed E-state index contributed by atoms with van der Waals surface area (Å²) in [6.07, 6.45) is 7.20. The van der Waals surface area contributed by atoms with Crippen molar-refractivity contribution in [3.05, 3.63) is 35.9 Å². The quantitative estimate of drug-likeness (QED) is 0.816. The lowest BCUT2D eigenvalue weighted by atomic mass is 9.69. The van der Waals surface area contributed by atoms with Crippen molar-refractivity contribution in [1.82, 2.24) is 14.7 Å². The van der Waals surface area contributed by atoms with Crippen LogP contribution >= 0.6 is 0 Å². The minimum absolute atomic E-state index is 0.241. The van der Waals surface area contributed by atoms with Crippen LogP contribution in [-0.4, -0.2) is 72.5 Å². The Balaban J connectivity index is 1.74. The minimum Gasteiger partial charge on any atom is -0.333 e. The number of carbonyl (C=O) groups is 1. The number of rotatable bonds is 4. The van der Waals surface area contributed by atoms with Crippen molar-refractivity contribution in [3.8, 4) is 0 Å². The van der Waals surface area contributed by atoms with Crippen LogP contribution in [0.2, 0.25) is 0 Å². The van der Waals surface area contributed by atoms with Crippen molar-refractivity contribution >= 4 is 5.91 Å². The van der Waals surface area contributed by atoms with Gasteiger partial charge < -0.3 is 9.80 Å². The van der Waals surface area contributed by atoms with Gasteiger partial charge in [0.1, 0.15) is 0 Å². The summed E-state index contributed by atoms with van der Waals surface area (Å²) in [5.41, 5.74) is 1.59. The smallest absolute Gasteiger partial charge is 0.237 e. The van der Waals surface area contributed by atoms with Crippen molar-refractivity contribution in [3.63, 3.8) is 0 Å². The molecule has 3 fully saturated rings. The van der Waals surface area contributed by atoms with E-state index in [2.05, 4.69) is 54.1 Å². The molecule has 3 aliphatic rings. The highest BCUT2D eigenvalue weighted by Crippen LogP contribution is 2.54. The summed E-state index contributed by atoms with van der Waals surface area (Å²) in [6, 6.07) is 12.5. The maximum atomic E-state index is 13.5. The van der Waals surface area contributed by atoms with Crippen molar-refractivity contribution in [2.24, 2.45) is 5.41 Å². The van der Waals surface area contributed by atoms with Crippen LogP contribution in [0.4, 0.5) is 0 Å². The number of fused-ring (bicyclic) bond motifs is 1. The molecule has 2 heterocycles. The van der Waals surface area contributed by atoms with E-state index < -0.39 is 0 Å². The molecule has 4 heteroatoms. The van der Waals surface area contributed by atoms with Crippen LogP contribution in [0, 0.1) is 5.41 Å². The molecular formula is C23H35N3O. The van der Waals surface area contributed by atoms with E-state index in [1.807, 2.05) is 19.0 Å². The number of amides is 1. The van der Waals surface area contributed by atoms with Crippen LogP contribution in [-0.2, 0) is 11.2 Å². The lowest BCUT2D eigenvalue weighted by molar-refractivity contribution is -0.144. The number of carbonyl (C=O) groups excluding carboxylic acids is 1. The molecule has 0 aromatic heterocycles. The van der Waals surface area contributed by atoms with E-state index in [1.54, 1.807) is 0 Å². The Morgan fingerprint density at radius 3 is 2.48 bits per heavy atom. The second kappa shape index (κ2) is 7.21. The molecule has 2 bridgehead atoms. The third kappa shape index (κ3) is 3.21. The predicted molar refractivity (Wildman–Crippen MR) is 110 cm³/mol. The van der Waals surface area contributed by atoms with Gasteiger partial charge in [0, 0.05) is 23.5 Å². The van der Waals surface area contributed by atoms with Crippen molar-refractivity contribution < 1.29 is 4.79 Å². The number of likely N-dealkylation sites (tertiary alicyclic amines) is 2. The zero-order valence-corrected chi connectivity index (χ0v) is 17.4. The highest BCUT2D eigenvalue weighted by Gasteiger charge is 2.61. The van der Waals surface area contributed by atoms with Gasteiger partial charge in [-0.2, -0.15) is 0 Å². The molecule has 1 saturated carbocycles. The molecular weight excluding hydrogens is 334 g/mol. The van der Waals surface area contributed by atoms with Gasteiger partial charge in [0.15, 0.2) is 0 Å². The van der Waals surface area contributed by atoms with Gasteiger partial charge in [-0.05, 0) is 52.4 Å². The first-order chi connectivity index (χ1) is 12.9. The van der Waals surface area contributed by atoms with E-state index in [0.717, 1.165) is 12.8 Å². The average Bonchev–Trinajstić information content (AvgIpc) is 2.74. The minimum atomic E-state index is 0.241. The van der Waals surface area contributed by atoms with Gasteiger partial charge in [0.05, 0.1) is 12.6 Å². The summed E-state index contributed by atoms with van der Waals surface area (Å²) < 4.78 is 0. The Hall–Kier alpha value is -1.39. The normalized spacial score (nSPS) is 36.1. The third-order valence-electron chi connectivity index (χ3n) is 7.56. The molecule has 148 valence electrons. The molecule has 0 unspecified atom stereocenters. The Bertz CT molecular complexity index is 675. The molecule has 1 aliphatic carbocycles. The Morgan fingerprint density at radius 2 is 1.81 bits per heavy atom. The summed E-state index contributed by atoms with van der Waals surface area (Å²) in [5, 5.41) is 0.